The van der Waals surface area contributed by atoms with Crippen LogP contribution in [0, 0.1) is 5.82 Å². The van der Waals surface area contributed by atoms with Gasteiger partial charge in [-0.05, 0) is 36.3 Å². The summed E-state index contributed by atoms with van der Waals surface area (Å²) in [5.41, 5.74) is -0.729. The highest BCUT2D eigenvalue weighted by molar-refractivity contribution is 6.13. The summed E-state index contributed by atoms with van der Waals surface area (Å²) >= 11 is 0. The number of hydrogen-bond acceptors (Lipinski definition) is 5. The van der Waals surface area contributed by atoms with Gasteiger partial charge in [-0.3, -0.25) is 4.99 Å². The van der Waals surface area contributed by atoms with Crippen LogP contribution in [0.4, 0.5) is 14.5 Å². The van der Waals surface area contributed by atoms with Crippen LogP contribution in [0.2, 0.25) is 0 Å². The normalized spacial score (nSPS) is 22.0. The zero-order valence-corrected chi connectivity index (χ0v) is 14.3. The predicted molar refractivity (Wildman–Crippen MR) is 91.5 cm³/mol. The molecule has 1 aromatic carbocycles. The predicted octanol–water partition coefficient (Wildman–Crippen LogP) is 2.81. The topological polar surface area (TPSA) is 53.9 Å². The van der Waals surface area contributed by atoms with Gasteiger partial charge >= 0.3 is 5.97 Å². The summed E-state index contributed by atoms with van der Waals surface area (Å²) in [4.78, 5) is 18.1. The zero-order chi connectivity index (χ0) is 18.2. The van der Waals surface area contributed by atoms with E-state index in [-0.39, 0.29) is 11.4 Å². The number of aliphatic imine (C=N–C) groups is 1. The van der Waals surface area contributed by atoms with Crippen molar-refractivity contribution in [2.75, 3.05) is 26.1 Å². The van der Waals surface area contributed by atoms with Crippen LogP contribution >= 0.6 is 0 Å². The maximum Gasteiger partial charge on any atom is 0.354 e. The SMILES string of the molecule is CCc1ccc(NC2=CC3=NCN(C)C3=CC2(F)C(=O)OC)c(F)c1. The Morgan fingerprint density at radius 1 is 1.48 bits per heavy atom. The number of esters is 1. The van der Waals surface area contributed by atoms with E-state index in [1.54, 1.807) is 18.0 Å². The number of fused-ring (bicyclic) bond motifs is 1. The first-order valence-corrected chi connectivity index (χ1v) is 7.92. The Hall–Kier alpha value is -2.70. The molecule has 25 heavy (non-hydrogen) atoms. The molecule has 0 spiro atoms. The van der Waals surface area contributed by atoms with E-state index in [0.717, 1.165) is 18.7 Å². The molecule has 1 heterocycles. The standard InChI is InChI=1S/C18H19F2N3O2/c1-4-11-5-6-13(12(19)7-11)22-16-8-14-15(23(2)10-21-14)9-18(16,20)17(24)25-3/h5-9,22H,4,10H2,1-3H3. The van der Waals surface area contributed by atoms with Gasteiger partial charge in [-0.2, -0.15) is 0 Å². The lowest BCUT2D eigenvalue weighted by molar-refractivity contribution is -0.149. The molecule has 0 radical (unpaired) electrons. The minimum atomic E-state index is -2.54. The molecule has 1 aliphatic carbocycles. The van der Waals surface area contributed by atoms with Crippen molar-refractivity contribution in [1.29, 1.82) is 0 Å². The minimum Gasteiger partial charge on any atom is -0.466 e. The van der Waals surface area contributed by atoms with Gasteiger partial charge in [-0.1, -0.05) is 13.0 Å². The van der Waals surface area contributed by atoms with Gasteiger partial charge < -0.3 is 15.0 Å². The average molecular weight is 347 g/mol. The molecule has 0 saturated carbocycles. The van der Waals surface area contributed by atoms with Gasteiger partial charge in [0.05, 0.1) is 29.9 Å². The first-order chi connectivity index (χ1) is 11.9. The van der Waals surface area contributed by atoms with Crippen molar-refractivity contribution in [1.82, 2.24) is 4.90 Å². The van der Waals surface area contributed by atoms with Gasteiger partial charge in [0.2, 0.25) is 0 Å². The summed E-state index contributed by atoms with van der Waals surface area (Å²) in [5.74, 6) is -1.60. The molecule has 1 unspecified atom stereocenters. The monoisotopic (exact) mass is 347 g/mol. The van der Waals surface area contributed by atoms with E-state index in [4.69, 9.17) is 0 Å². The molecule has 2 aliphatic rings. The van der Waals surface area contributed by atoms with E-state index >= 15 is 4.39 Å². The number of nitrogens with one attached hydrogen (secondary N) is 1. The summed E-state index contributed by atoms with van der Waals surface area (Å²) in [6.45, 7) is 2.28. The molecule has 1 N–H and O–H groups in total. The number of ether oxygens (including phenoxy) is 1. The largest absolute Gasteiger partial charge is 0.466 e. The molecule has 7 heteroatoms. The number of anilines is 1. The molecule has 0 aromatic heterocycles. The van der Waals surface area contributed by atoms with Crippen molar-refractivity contribution in [2.24, 2.45) is 4.99 Å². The number of nitrogens with zero attached hydrogens (tertiary/aromatic N) is 2. The summed E-state index contributed by atoms with van der Waals surface area (Å²) in [5, 5.41) is 2.70. The second-order valence-electron chi connectivity index (χ2n) is 5.97. The molecule has 1 aliphatic heterocycles. The van der Waals surface area contributed by atoms with E-state index in [2.05, 4.69) is 15.0 Å². The molecule has 0 fully saturated rings. The van der Waals surface area contributed by atoms with Crippen LogP contribution < -0.4 is 5.32 Å². The molecule has 0 amide bonds. The number of aryl methyl sites for hydroxylation is 1. The van der Waals surface area contributed by atoms with Gasteiger partial charge in [0.25, 0.3) is 5.67 Å². The van der Waals surface area contributed by atoms with Gasteiger partial charge in [-0.15, -0.1) is 0 Å². The van der Waals surface area contributed by atoms with Crippen LogP contribution in [0.25, 0.3) is 0 Å². The number of methoxy groups -OCH3 is 1. The molecular weight excluding hydrogens is 328 g/mol. The van der Waals surface area contributed by atoms with E-state index < -0.39 is 17.5 Å². The Kier molecular flexibility index (Phi) is 4.32. The minimum absolute atomic E-state index is 0.0816. The van der Waals surface area contributed by atoms with Crippen LogP contribution in [0.3, 0.4) is 0 Å². The van der Waals surface area contributed by atoms with E-state index in [9.17, 15) is 9.18 Å². The number of rotatable bonds is 4. The zero-order valence-electron chi connectivity index (χ0n) is 14.3. The third-order valence-corrected chi connectivity index (χ3v) is 4.33. The molecule has 1 aromatic rings. The fraction of sp³-hybridized carbons (Fsp3) is 0.333. The Bertz CT molecular complexity index is 817. The summed E-state index contributed by atoms with van der Waals surface area (Å²) in [7, 11) is 2.85. The number of carbonyl (C=O) groups excluding carboxylic acids is 1. The highest BCUT2D eigenvalue weighted by Gasteiger charge is 2.47. The second kappa shape index (κ2) is 6.31. The lowest BCUT2D eigenvalue weighted by Gasteiger charge is -2.29. The highest BCUT2D eigenvalue weighted by Crippen LogP contribution is 2.35. The number of carbonyl (C=O) groups is 1. The second-order valence-corrected chi connectivity index (χ2v) is 5.97. The molecule has 1 atom stereocenters. The Morgan fingerprint density at radius 3 is 2.88 bits per heavy atom. The van der Waals surface area contributed by atoms with Gasteiger partial charge in [-0.25, -0.2) is 13.6 Å². The fourth-order valence-electron chi connectivity index (χ4n) is 2.82. The Morgan fingerprint density at radius 2 is 2.24 bits per heavy atom. The molecule has 132 valence electrons. The van der Waals surface area contributed by atoms with Gasteiger partial charge in [0, 0.05) is 7.05 Å². The quantitative estimate of drug-likeness (QED) is 0.851. The summed E-state index contributed by atoms with van der Waals surface area (Å²) < 4.78 is 34.4. The lowest BCUT2D eigenvalue weighted by Crippen LogP contribution is -2.42. The molecule has 5 nitrogen and oxygen atoms in total. The Balaban J connectivity index is 2.01. The maximum absolute atomic E-state index is 15.5. The number of halogens is 2. The summed E-state index contributed by atoms with van der Waals surface area (Å²) in [6.07, 6.45) is 3.26. The van der Waals surface area contributed by atoms with Crippen molar-refractivity contribution in [2.45, 2.75) is 19.0 Å². The first kappa shape index (κ1) is 17.1. The highest BCUT2D eigenvalue weighted by atomic mass is 19.1. The third kappa shape index (κ3) is 2.90. The smallest absolute Gasteiger partial charge is 0.354 e. The van der Waals surface area contributed by atoms with Crippen molar-refractivity contribution < 1.29 is 18.3 Å². The molecule has 3 rings (SSSR count). The van der Waals surface area contributed by atoms with Crippen molar-refractivity contribution >= 4 is 17.4 Å². The number of hydrogen-bond donors (Lipinski definition) is 1. The molecular formula is C18H19F2N3O2. The number of benzene rings is 1. The van der Waals surface area contributed by atoms with Crippen LogP contribution in [-0.2, 0) is 16.0 Å². The lowest BCUT2D eigenvalue weighted by atomic mass is 9.92. The first-order valence-electron chi connectivity index (χ1n) is 7.92. The average Bonchev–Trinajstić information content (AvgIpc) is 2.95. The molecule has 0 bridgehead atoms. The van der Waals surface area contributed by atoms with Crippen molar-refractivity contribution in [3.8, 4) is 0 Å². The van der Waals surface area contributed by atoms with Crippen LogP contribution in [0.5, 0.6) is 0 Å². The number of allylic oxidation sites excluding steroid dienone is 1. The Labute approximate surface area is 144 Å². The van der Waals surface area contributed by atoms with Crippen molar-refractivity contribution in [3.05, 3.63) is 53.1 Å². The molecule has 0 saturated heterocycles. The number of alkyl halides is 1. The fourth-order valence-corrected chi connectivity index (χ4v) is 2.82. The van der Waals surface area contributed by atoms with Crippen LogP contribution in [0.1, 0.15) is 12.5 Å². The maximum atomic E-state index is 15.5. The third-order valence-electron chi connectivity index (χ3n) is 4.33. The van der Waals surface area contributed by atoms with E-state index in [1.807, 2.05) is 6.92 Å². The van der Waals surface area contributed by atoms with Crippen molar-refractivity contribution in [3.63, 3.8) is 0 Å². The van der Waals surface area contributed by atoms with E-state index in [1.165, 1.54) is 18.2 Å². The van der Waals surface area contributed by atoms with Crippen LogP contribution in [-0.4, -0.2) is 43.1 Å². The van der Waals surface area contributed by atoms with E-state index in [0.29, 0.717) is 24.5 Å². The van der Waals surface area contributed by atoms with Gasteiger partial charge in [0.15, 0.2) is 0 Å². The van der Waals surface area contributed by atoms with Gasteiger partial charge in [0.1, 0.15) is 12.5 Å². The van der Waals surface area contributed by atoms with Crippen LogP contribution in [0.15, 0.2) is 46.7 Å². The summed E-state index contributed by atoms with van der Waals surface area (Å²) in [6, 6.07) is 4.65.